The van der Waals surface area contributed by atoms with E-state index in [2.05, 4.69) is 40.8 Å². The first-order valence-electron chi connectivity index (χ1n) is 13.0. The van der Waals surface area contributed by atoms with Crippen LogP contribution in [0.1, 0.15) is 44.8 Å². The zero-order valence-corrected chi connectivity index (χ0v) is 23.7. The van der Waals surface area contributed by atoms with E-state index in [9.17, 15) is 14.0 Å². The summed E-state index contributed by atoms with van der Waals surface area (Å²) in [6, 6.07) is 8.24. The second kappa shape index (κ2) is 10.7. The summed E-state index contributed by atoms with van der Waals surface area (Å²) in [6.07, 6.45) is 1.32. The lowest BCUT2D eigenvalue weighted by atomic mass is 10.1. The van der Waals surface area contributed by atoms with Gasteiger partial charge in [0.25, 0.3) is 5.56 Å². The number of amides is 1. The number of carbonyl (C=O) groups is 1. The van der Waals surface area contributed by atoms with Crippen molar-refractivity contribution in [2.75, 3.05) is 5.32 Å². The van der Waals surface area contributed by atoms with Gasteiger partial charge in [-0.25, -0.2) is 14.8 Å². The maximum absolute atomic E-state index is 15.2. The number of benzene rings is 1. The fourth-order valence-corrected chi connectivity index (χ4v) is 5.01. The Bertz CT molecular complexity index is 1920. The van der Waals surface area contributed by atoms with Gasteiger partial charge in [0.05, 0.1) is 28.7 Å². The first-order chi connectivity index (χ1) is 20.5. The highest BCUT2D eigenvalue weighted by atomic mass is 35.5. The van der Waals surface area contributed by atoms with Crippen LogP contribution in [0.4, 0.5) is 19.4 Å². The molecule has 1 aliphatic heterocycles. The van der Waals surface area contributed by atoms with E-state index in [1.807, 2.05) is 0 Å². The molecule has 0 aliphatic carbocycles. The van der Waals surface area contributed by atoms with Crippen molar-refractivity contribution in [3.05, 3.63) is 81.5 Å². The molecule has 1 amide bonds. The third-order valence-corrected chi connectivity index (χ3v) is 6.80. The fourth-order valence-electron chi connectivity index (χ4n) is 4.84. The average Bonchev–Trinajstić information content (AvgIpc) is 3.68. The Morgan fingerprint density at radius 2 is 1.91 bits per heavy atom. The molecule has 2 N–H and O–H groups in total. The van der Waals surface area contributed by atoms with Gasteiger partial charge < -0.3 is 9.72 Å². The number of halogens is 3. The van der Waals surface area contributed by atoms with E-state index in [0.717, 1.165) is 0 Å². The molecular formula is C27H23ClF2N10O3. The monoisotopic (exact) mass is 608 g/mol. The summed E-state index contributed by atoms with van der Waals surface area (Å²) in [5.74, 6) is -1.68. The van der Waals surface area contributed by atoms with Gasteiger partial charge in [-0.05, 0) is 68.0 Å². The number of hydrogen-bond donors (Lipinski definition) is 2. The summed E-state index contributed by atoms with van der Waals surface area (Å²) in [5, 5.41) is 14.0. The Kier molecular flexibility index (Phi) is 6.96. The van der Waals surface area contributed by atoms with E-state index < -0.39 is 35.2 Å². The molecule has 1 atom stereocenters. The quantitative estimate of drug-likeness (QED) is 0.274. The van der Waals surface area contributed by atoms with Crippen molar-refractivity contribution in [3.63, 3.8) is 0 Å². The van der Waals surface area contributed by atoms with E-state index >= 15 is 4.39 Å². The normalized spacial score (nSPS) is 14.5. The van der Waals surface area contributed by atoms with Gasteiger partial charge in [0.1, 0.15) is 29.4 Å². The Hall–Kier alpha value is -5.05. The van der Waals surface area contributed by atoms with E-state index in [0.29, 0.717) is 40.6 Å². The molecule has 1 aliphatic rings. The highest BCUT2D eigenvalue weighted by Gasteiger charge is 2.32. The van der Waals surface area contributed by atoms with E-state index in [1.165, 1.54) is 33.8 Å². The average molecular weight is 609 g/mol. The standard InChI is InChI=1S/C27H23ClF2N10O3/c1-27(2,3)43-26(42)34-19-8-5-14(23(29)33-19)25-35-22(24(30)36-25)18-7-9-20-32-16(11-21(41)40(18)20)15-10-13(28)4-6-17(15)39-12-31-37-38-39/h4-6,8,10-12,18H,7,9H2,1-3H3,(H,35,36)(H,33,34,42)/t18-/m1/s1. The third kappa shape index (κ3) is 5.58. The fraction of sp³-hybridized carbons (Fsp3) is 0.259. The van der Waals surface area contributed by atoms with Gasteiger partial charge in [0.15, 0.2) is 0 Å². The molecule has 0 fully saturated rings. The number of H-pyrrole nitrogens is 1. The number of nitrogens with zero attached hydrogens (tertiary/aromatic N) is 8. The van der Waals surface area contributed by atoms with Crippen LogP contribution in [0.5, 0.6) is 0 Å². The number of fused-ring (bicyclic) bond motifs is 1. The summed E-state index contributed by atoms with van der Waals surface area (Å²) in [5.41, 5.74) is 0.137. The zero-order valence-electron chi connectivity index (χ0n) is 23.0. The third-order valence-electron chi connectivity index (χ3n) is 6.56. The predicted molar refractivity (Wildman–Crippen MR) is 150 cm³/mol. The zero-order chi connectivity index (χ0) is 30.5. The van der Waals surface area contributed by atoms with Crippen LogP contribution in [-0.2, 0) is 11.2 Å². The van der Waals surface area contributed by atoms with Crippen molar-refractivity contribution in [3.8, 4) is 28.3 Å². The van der Waals surface area contributed by atoms with Crippen LogP contribution in [0.3, 0.4) is 0 Å². The molecule has 43 heavy (non-hydrogen) atoms. The molecule has 13 nitrogen and oxygen atoms in total. The van der Waals surface area contributed by atoms with Crippen LogP contribution in [0.25, 0.3) is 28.3 Å². The lowest BCUT2D eigenvalue weighted by molar-refractivity contribution is 0.0635. The van der Waals surface area contributed by atoms with Gasteiger partial charge in [0.2, 0.25) is 11.9 Å². The van der Waals surface area contributed by atoms with Gasteiger partial charge in [0, 0.05) is 23.1 Å². The van der Waals surface area contributed by atoms with Crippen LogP contribution < -0.4 is 10.9 Å². The van der Waals surface area contributed by atoms with Crippen molar-refractivity contribution in [1.82, 2.24) is 44.7 Å². The first kappa shape index (κ1) is 28.1. The molecule has 0 unspecified atom stereocenters. The van der Waals surface area contributed by atoms with E-state index in [-0.39, 0.29) is 22.9 Å². The highest BCUT2D eigenvalue weighted by Crippen LogP contribution is 2.34. The number of pyridine rings is 1. The van der Waals surface area contributed by atoms with Gasteiger partial charge in [-0.15, -0.1) is 5.10 Å². The van der Waals surface area contributed by atoms with Crippen molar-refractivity contribution in [1.29, 1.82) is 0 Å². The SMILES string of the molecule is CC(C)(C)OC(=O)Nc1ccc(-c2nc(F)c([C@H]3CCc4nc(-c5cc(Cl)ccc5-n5cnnn5)cc(=O)n43)[nH]2)c(F)n1. The van der Waals surface area contributed by atoms with Crippen LogP contribution in [0, 0.1) is 11.9 Å². The Morgan fingerprint density at radius 1 is 1.09 bits per heavy atom. The number of tetrazole rings is 1. The van der Waals surface area contributed by atoms with Crippen molar-refractivity contribution in [2.24, 2.45) is 0 Å². The number of anilines is 1. The van der Waals surface area contributed by atoms with Gasteiger partial charge in [-0.2, -0.15) is 18.4 Å². The van der Waals surface area contributed by atoms with Gasteiger partial charge >= 0.3 is 6.09 Å². The van der Waals surface area contributed by atoms with Gasteiger partial charge in [-0.1, -0.05) is 11.6 Å². The molecule has 6 rings (SSSR count). The number of aryl methyl sites for hydroxylation is 1. The summed E-state index contributed by atoms with van der Waals surface area (Å²) < 4.78 is 38.1. The van der Waals surface area contributed by atoms with Crippen molar-refractivity contribution < 1.29 is 18.3 Å². The minimum absolute atomic E-state index is 0.00195. The second-order valence-electron chi connectivity index (χ2n) is 10.7. The molecule has 5 aromatic rings. The summed E-state index contributed by atoms with van der Waals surface area (Å²) in [7, 11) is 0. The van der Waals surface area contributed by atoms with Crippen LogP contribution in [0.15, 0.2) is 47.5 Å². The molecule has 220 valence electrons. The second-order valence-corrected chi connectivity index (χ2v) is 11.1. The van der Waals surface area contributed by atoms with Crippen LogP contribution in [0.2, 0.25) is 5.02 Å². The Labute approximate surface area is 246 Å². The molecular weight excluding hydrogens is 586 g/mol. The number of rotatable bonds is 5. The summed E-state index contributed by atoms with van der Waals surface area (Å²) >= 11 is 6.24. The number of carbonyl (C=O) groups excluding carboxylic acids is 1. The van der Waals surface area contributed by atoms with Crippen molar-refractivity contribution >= 4 is 23.5 Å². The largest absolute Gasteiger partial charge is 0.444 e. The van der Waals surface area contributed by atoms with Gasteiger partial charge in [-0.3, -0.25) is 14.7 Å². The summed E-state index contributed by atoms with van der Waals surface area (Å²) in [6.45, 7) is 5.06. The van der Waals surface area contributed by atoms with Crippen molar-refractivity contribution in [2.45, 2.75) is 45.3 Å². The molecule has 0 radical (unpaired) electrons. The Morgan fingerprint density at radius 3 is 2.63 bits per heavy atom. The molecule has 0 saturated carbocycles. The molecule has 0 bridgehead atoms. The lowest BCUT2D eigenvalue weighted by Gasteiger charge is -2.19. The van der Waals surface area contributed by atoms with E-state index in [4.69, 9.17) is 16.3 Å². The first-order valence-corrected chi connectivity index (χ1v) is 13.4. The molecule has 5 heterocycles. The van der Waals surface area contributed by atoms with Crippen LogP contribution >= 0.6 is 11.6 Å². The maximum Gasteiger partial charge on any atom is 0.413 e. The Balaban J connectivity index is 1.30. The smallest absolute Gasteiger partial charge is 0.413 e. The number of aromatic nitrogens is 9. The highest BCUT2D eigenvalue weighted by molar-refractivity contribution is 6.31. The van der Waals surface area contributed by atoms with Crippen LogP contribution in [-0.4, -0.2) is 56.4 Å². The minimum atomic E-state index is -0.996. The molecule has 4 aromatic heterocycles. The number of ether oxygens (including phenoxy) is 1. The maximum atomic E-state index is 15.2. The predicted octanol–water partition coefficient (Wildman–Crippen LogP) is 4.49. The molecule has 0 spiro atoms. The lowest BCUT2D eigenvalue weighted by Crippen LogP contribution is -2.27. The topological polar surface area (TPSA) is 158 Å². The number of imidazole rings is 1. The number of nitrogens with one attached hydrogen (secondary N) is 2. The minimum Gasteiger partial charge on any atom is -0.444 e. The molecule has 0 saturated heterocycles. The number of aromatic amines is 1. The molecule has 16 heteroatoms. The number of hydrogen-bond acceptors (Lipinski definition) is 9. The molecule has 1 aromatic carbocycles. The summed E-state index contributed by atoms with van der Waals surface area (Å²) in [4.78, 5) is 40.5. The van der Waals surface area contributed by atoms with E-state index in [1.54, 1.807) is 39.0 Å².